The largest absolute Gasteiger partial charge is 0.371 e. The highest BCUT2D eigenvalue weighted by Gasteiger charge is 2.17. The third kappa shape index (κ3) is 2.68. The van der Waals surface area contributed by atoms with Gasteiger partial charge in [-0.15, -0.1) is 0 Å². The molecule has 0 saturated carbocycles. The van der Waals surface area contributed by atoms with Crippen LogP contribution in [0.15, 0.2) is 23.8 Å². The summed E-state index contributed by atoms with van der Waals surface area (Å²) in [5, 5.41) is 3.20. The molecule has 0 atom stereocenters. The number of allylic oxidation sites excluding steroid dienone is 3. The minimum absolute atomic E-state index is 0.466. The normalized spacial score (nSPS) is 23.5. The van der Waals surface area contributed by atoms with Gasteiger partial charge in [-0.25, -0.2) is 0 Å². The zero-order valence-electron chi connectivity index (χ0n) is 7.96. The Labute approximate surface area is 79.7 Å². The van der Waals surface area contributed by atoms with Crippen molar-refractivity contribution in [3.63, 3.8) is 0 Å². The van der Waals surface area contributed by atoms with Gasteiger partial charge in [-0.2, -0.15) is 0 Å². The van der Waals surface area contributed by atoms with E-state index in [-0.39, 0.29) is 0 Å². The molecule has 0 spiro atoms. The molecule has 2 aliphatic rings. The van der Waals surface area contributed by atoms with E-state index < -0.39 is 0 Å². The van der Waals surface area contributed by atoms with Crippen LogP contribution in [-0.4, -0.2) is 25.8 Å². The summed E-state index contributed by atoms with van der Waals surface area (Å²) in [6, 6.07) is 0. The van der Waals surface area contributed by atoms with E-state index in [1.165, 1.54) is 24.8 Å². The van der Waals surface area contributed by atoms with E-state index >= 15 is 0 Å². The van der Waals surface area contributed by atoms with Crippen molar-refractivity contribution in [1.29, 1.82) is 0 Å². The molecular weight excluding hydrogens is 162 g/mol. The zero-order valence-corrected chi connectivity index (χ0v) is 7.96. The second-order valence-corrected chi connectivity index (χ2v) is 3.74. The fraction of sp³-hybridized carbons (Fsp3) is 0.636. The Kier molecular flexibility index (Phi) is 3.16. The lowest BCUT2D eigenvalue weighted by atomic mass is 10.1. The molecule has 0 aromatic carbocycles. The van der Waals surface area contributed by atoms with Crippen molar-refractivity contribution in [2.75, 3.05) is 19.7 Å². The fourth-order valence-corrected chi connectivity index (χ4v) is 1.56. The highest BCUT2D eigenvalue weighted by Crippen LogP contribution is 2.13. The first-order valence-electron chi connectivity index (χ1n) is 5.12. The van der Waals surface area contributed by atoms with Gasteiger partial charge in [0.05, 0.1) is 12.7 Å². The van der Waals surface area contributed by atoms with Gasteiger partial charge in [0.1, 0.15) is 0 Å². The van der Waals surface area contributed by atoms with Crippen LogP contribution in [0.5, 0.6) is 0 Å². The molecule has 0 bridgehead atoms. The number of ether oxygens (including phenoxy) is 1. The average molecular weight is 179 g/mol. The van der Waals surface area contributed by atoms with Gasteiger partial charge in [0.25, 0.3) is 0 Å². The molecule has 1 fully saturated rings. The average Bonchev–Trinajstić information content (AvgIpc) is 2.30. The van der Waals surface area contributed by atoms with Crippen molar-refractivity contribution < 1.29 is 4.74 Å². The van der Waals surface area contributed by atoms with E-state index in [2.05, 4.69) is 23.5 Å². The number of rotatable bonds is 3. The first-order chi connectivity index (χ1) is 6.45. The van der Waals surface area contributed by atoms with Crippen LogP contribution in [-0.2, 0) is 4.74 Å². The molecular formula is C11H17NO. The number of nitrogens with one attached hydrogen (secondary N) is 1. The standard InChI is InChI=1S/C11H17NO/c1-2-4-6-10(5-3-1)9-13-11-7-12-8-11/h1,3,5,11-12H,2,4,6-9H2. The lowest BCUT2D eigenvalue weighted by molar-refractivity contribution is 0.0316. The molecule has 0 radical (unpaired) electrons. The minimum atomic E-state index is 0.466. The van der Waals surface area contributed by atoms with Crippen molar-refractivity contribution in [1.82, 2.24) is 5.32 Å². The van der Waals surface area contributed by atoms with Gasteiger partial charge in [-0.1, -0.05) is 18.2 Å². The Morgan fingerprint density at radius 1 is 1.46 bits per heavy atom. The second-order valence-electron chi connectivity index (χ2n) is 3.74. The molecule has 72 valence electrons. The molecule has 0 aromatic heterocycles. The Hall–Kier alpha value is -0.600. The van der Waals surface area contributed by atoms with Gasteiger partial charge in [0.15, 0.2) is 0 Å². The van der Waals surface area contributed by atoms with E-state index in [1.54, 1.807) is 0 Å². The summed E-state index contributed by atoms with van der Waals surface area (Å²) < 4.78 is 5.71. The first kappa shape index (κ1) is 8.97. The predicted molar refractivity (Wildman–Crippen MR) is 53.7 cm³/mol. The summed E-state index contributed by atoms with van der Waals surface area (Å²) in [5.41, 5.74) is 1.45. The van der Waals surface area contributed by atoms with Crippen LogP contribution >= 0.6 is 0 Å². The van der Waals surface area contributed by atoms with Crippen LogP contribution in [0.2, 0.25) is 0 Å². The Balaban J connectivity index is 1.72. The Morgan fingerprint density at radius 2 is 2.38 bits per heavy atom. The molecule has 1 aliphatic carbocycles. The first-order valence-corrected chi connectivity index (χ1v) is 5.12. The molecule has 0 aromatic rings. The van der Waals surface area contributed by atoms with E-state index in [1.807, 2.05) is 0 Å². The molecule has 0 amide bonds. The minimum Gasteiger partial charge on any atom is -0.371 e. The SMILES string of the molecule is C1=CCCCC(COC2CNC2)=C1. The van der Waals surface area contributed by atoms with E-state index in [0.717, 1.165) is 19.7 Å². The van der Waals surface area contributed by atoms with Gasteiger partial charge >= 0.3 is 0 Å². The Morgan fingerprint density at radius 3 is 3.15 bits per heavy atom. The van der Waals surface area contributed by atoms with Crippen LogP contribution in [0.1, 0.15) is 19.3 Å². The molecule has 1 N–H and O–H groups in total. The highest BCUT2D eigenvalue weighted by atomic mass is 16.5. The lowest BCUT2D eigenvalue weighted by Gasteiger charge is -2.27. The topological polar surface area (TPSA) is 21.3 Å². The summed E-state index contributed by atoms with van der Waals surface area (Å²) in [4.78, 5) is 0. The molecule has 1 heterocycles. The maximum absolute atomic E-state index is 5.71. The van der Waals surface area contributed by atoms with Crippen molar-refractivity contribution in [2.24, 2.45) is 0 Å². The van der Waals surface area contributed by atoms with Crippen LogP contribution in [0, 0.1) is 0 Å². The summed E-state index contributed by atoms with van der Waals surface area (Å²) >= 11 is 0. The molecule has 1 saturated heterocycles. The summed E-state index contributed by atoms with van der Waals surface area (Å²) in [5.74, 6) is 0. The van der Waals surface area contributed by atoms with Crippen molar-refractivity contribution in [2.45, 2.75) is 25.4 Å². The monoisotopic (exact) mass is 179 g/mol. The molecule has 1 aliphatic heterocycles. The maximum Gasteiger partial charge on any atom is 0.0827 e. The molecule has 2 heteroatoms. The third-order valence-electron chi connectivity index (χ3n) is 2.59. The van der Waals surface area contributed by atoms with E-state index in [4.69, 9.17) is 4.74 Å². The van der Waals surface area contributed by atoms with Crippen molar-refractivity contribution in [3.8, 4) is 0 Å². The smallest absolute Gasteiger partial charge is 0.0827 e. The number of hydrogen-bond donors (Lipinski definition) is 1. The third-order valence-corrected chi connectivity index (χ3v) is 2.59. The number of hydrogen-bond acceptors (Lipinski definition) is 2. The summed E-state index contributed by atoms with van der Waals surface area (Å²) in [6.45, 7) is 2.89. The lowest BCUT2D eigenvalue weighted by Crippen LogP contribution is -2.48. The molecule has 0 unspecified atom stereocenters. The second kappa shape index (κ2) is 4.58. The van der Waals surface area contributed by atoms with Crippen LogP contribution in [0.25, 0.3) is 0 Å². The van der Waals surface area contributed by atoms with E-state index in [9.17, 15) is 0 Å². The van der Waals surface area contributed by atoms with Gasteiger partial charge in [-0.05, 0) is 24.8 Å². The maximum atomic E-state index is 5.71. The fourth-order valence-electron chi connectivity index (χ4n) is 1.56. The van der Waals surface area contributed by atoms with Gasteiger partial charge < -0.3 is 10.1 Å². The quantitative estimate of drug-likeness (QED) is 0.711. The van der Waals surface area contributed by atoms with Crippen molar-refractivity contribution in [3.05, 3.63) is 23.8 Å². The molecule has 2 nitrogen and oxygen atoms in total. The Bertz CT molecular complexity index is 216. The van der Waals surface area contributed by atoms with Crippen LogP contribution in [0.4, 0.5) is 0 Å². The molecule has 2 rings (SSSR count). The summed E-state index contributed by atoms with van der Waals surface area (Å²) in [6.07, 6.45) is 10.8. The predicted octanol–water partition coefficient (Wildman–Crippen LogP) is 1.64. The van der Waals surface area contributed by atoms with Crippen molar-refractivity contribution >= 4 is 0 Å². The van der Waals surface area contributed by atoms with Gasteiger partial charge in [0.2, 0.25) is 0 Å². The summed E-state index contributed by atoms with van der Waals surface area (Å²) in [7, 11) is 0. The zero-order chi connectivity index (χ0) is 8.93. The highest BCUT2D eigenvalue weighted by molar-refractivity contribution is 5.15. The van der Waals surface area contributed by atoms with Crippen LogP contribution < -0.4 is 5.32 Å². The molecule has 13 heavy (non-hydrogen) atoms. The van der Waals surface area contributed by atoms with E-state index in [0.29, 0.717) is 6.10 Å². The van der Waals surface area contributed by atoms with Gasteiger partial charge in [-0.3, -0.25) is 0 Å². The van der Waals surface area contributed by atoms with Crippen LogP contribution in [0.3, 0.4) is 0 Å². The van der Waals surface area contributed by atoms with Gasteiger partial charge in [0, 0.05) is 13.1 Å².